The van der Waals surface area contributed by atoms with Gasteiger partial charge in [-0.3, -0.25) is 0 Å². The summed E-state index contributed by atoms with van der Waals surface area (Å²) in [6.45, 7) is 0. The molecule has 0 fully saturated rings. The third-order valence-corrected chi connectivity index (χ3v) is 2.64. The highest BCUT2D eigenvalue weighted by molar-refractivity contribution is 5.58. The summed E-state index contributed by atoms with van der Waals surface area (Å²) < 4.78 is 0. The molecule has 18 heavy (non-hydrogen) atoms. The molecule has 0 saturated carbocycles. The summed E-state index contributed by atoms with van der Waals surface area (Å²) in [5.74, 6) is 0.325. The minimum absolute atomic E-state index is 0.0310. The van der Waals surface area contributed by atoms with Crippen molar-refractivity contribution in [3.63, 3.8) is 0 Å². The molecule has 0 radical (unpaired) electrons. The number of allylic oxidation sites excluding steroid dienone is 1. The Kier molecular flexibility index (Phi) is 3.53. The Morgan fingerprint density at radius 3 is 2.39 bits per heavy atom. The molecule has 2 aromatic carbocycles. The molecule has 0 aromatic heterocycles. The molecule has 3 heteroatoms. The Hall–Kier alpha value is -2.42. The number of aromatic hydroxyl groups is 3. The third kappa shape index (κ3) is 2.83. The lowest BCUT2D eigenvalue weighted by atomic mass is 10.1. The van der Waals surface area contributed by atoms with Crippen molar-refractivity contribution in [2.24, 2.45) is 0 Å². The van der Waals surface area contributed by atoms with Gasteiger partial charge in [0, 0.05) is 11.6 Å². The SMILES string of the molecule is Oc1ccc(C=CCc2ccccc2O)c(O)c1. The third-order valence-electron chi connectivity index (χ3n) is 2.64. The van der Waals surface area contributed by atoms with Gasteiger partial charge in [0.2, 0.25) is 0 Å². The monoisotopic (exact) mass is 242 g/mol. The van der Waals surface area contributed by atoms with Crippen LogP contribution in [0.2, 0.25) is 0 Å². The summed E-state index contributed by atoms with van der Waals surface area (Å²) in [4.78, 5) is 0. The molecular weight excluding hydrogens is 228 g/mol. The van der Waals surface area contributed by atoms with Crippen LogP contribution >= 0.6 is 0 Å². The topological polar surface area (TPSA) is 60.7 Å². The van der Waals surface area contributed by atoms with Crippen LogP contribution in [-0.2, 0) is 6.42 Å². The first kappa shape index (κ1) is 12.0. The Bertz CT molecular complexity index is 574. The fourth-order valence-corrected chi connectivity index (χ4v) is 1.67. The van der Waals surface area contributed by atoms with E-state index in [1.54, 1.807) is 24.3 Å². The van der Waals surface area contributed by atoms with Gasteiger partial charge in [-0.1, -0.05) is 30.4 Å². The van der Waals surface area contributed by atoms with E-state index in [1.807, 2.05) is 18.2 Å². The number of rotatable bonds is 3. The normalized spacial score (nSPS) is 10.9. The van der Waals surface area contributed by atoms with Gasteiger partial charge in [-0.25, -0.2) is 0 Å². The van der Waals surface area contributed by atoms with Crippen LogP contribution in [0.3, 0.4) is 0 Å². The Morgan fingerprint density at radius 1 is 0.889 bits per heavy atom. The second-order valence-corrected chi connectivity index (χ2v) is 3.98. The van der Waals surface area contributed by atoms with Gasteiger partial charge in [0.1, 0.15) is 17.2 Å². The molecule has 0 spiro atoms. The van der Waals surface area contributed by atoms with Crippen molar-refractivity contribution in [3.8, 4) is 17.2 Å². The van der Waals surface area contributed by atoms with E-state index in [0.717, 1.165) is 5.56 Å². The van der Waals surface area contributed by atoms with E-state index < -0.39 is 0 Å². The van der Waals surface area contributed by atoms with Crippen LogP contribution < -0.4 is 0 Å². The van der Waals surface area contributed by atoms with Gasteiger partial charge in [-0.05, 0) is 30.2 Å². The molecule has 0 unspecified atom stereocenters. The van der Waals surface area contributed by atoms with Gasteiger partial charge < -0.3 is 15.3 Å². The first-order chi connectivity index (χ1) is 8.66. The Labute approximate surface area is 105 Å². The minimum atomic E-state index is 0.0310. The molecule has 2 rings (SSSR count). The lowest BCUT2D eigenvalue weighted by Gasteiger charge is -2.01. The van der Waals surface area contributed by atoms with Crippen LogP contribution in [0, 0.1) is 0 Å². The number of hydrogen-bond acceptors (Lipinski definition) is 3. The molecule has 0 aliphatic heterocycles. The van der Waals surface area contributed by atoms with Gasteiger partial charge in [0.25, 0.3) is 0 Å². The molecule has 0 saturated heterocycles. The molecule has 0 aliphatic carbocycles. The van der Waals surface area contributed by atoms with Crippen molar-refractivity contribution in [2.45, 2.75) is 6.42 Å². The number of para-hydroxylation sites is 1. The van der Waals surface area contributed by atoms with Crippen LogP contribution in [0.1, 0.15) is 11.1 Å². The highest BCUT2D eigenvalue weighted by Gasteiger charge is 1.99. The summed E-state index contributed by atoms with van der Waals surface area (Å²) in [6.07, 6.45) is 4.18. The number of benzene rings is 2. The van der Waals surface area contributed by atoms with Crippen LogP contribution in [0.15, 0.2) is 48.5 Å². The first-order valence-corrected chi connectivity index (χ1v) is 5.62. The van der Waals surface area contributed by atoms with Crippen molar-refractivity contribution >= 4 is 6.08 Å². The zero-order valence-corrected chi connectivity index (χ0v) is 9.74. The van der Waals surface area contributed by atoms with Crippen molar-refractivity contribution in [1.29, 1.82) is 0 Å². The number of phenolic OH excluding ortho intramolecular Hbond substituents is 3. The maximum Gasteiger partial charge on any atom is 0.126 e. The maximum absolute atomic E-state index is 9.58. The first-order valence-electron chi connectivity index (χ1n) is 5.62. The molecule has 3 nitrogen and oxygen atoms in total. The summed E-state index contributed by atoms with van der Waals surface area (Å²) in [7, 11) is 0. The predicted octanol–water partition coefficient (Wildman–Crippen LogP) is 3.06. The summed E-state index contributed by atoms with van der Waals surface area (Å²) in [6, 6.07) is 11.6. The smallest absolute Gasteiger partial charge is 0.126 e. The molecule has 0 bridgehead atoms. The van der Waals surface area contributed by atoms with E-state index in [-0.39, 0.29) is 17.2 Å². The summed E-state index contributed by atoms with van der Waals surface area (Å²) in [5.41, 5.74) is 1.45. The number of phenols is 3. The van der Waals surface area contributed by atoms with E-state index in [2.05, 4.69) is 0 Å². The van der Waals surface area contributed by atoms with Crippen LogP contribution in [0.4, 0.5) is 0 Å². The lowest BCUT2D eigenvalue weighted by molar-refractivity contribution is 0.450. The van der Waals surface area contributed by atoms with E-state index in [9.17, 15) is 10.2 Å². The van der Waals surface area contributed by atoms with Crippen LogP contribution in [0.25, 0.3) is 6.08 Å². The molecule has 0 aliphatic rings. The van der Waals surface area contributed by atoms with Gasteiger partial charge in [0.15, 0.2) is 0 Å². The zero-order valence-electron chi connectivity index (χ0n) is 9.74. The molecule has 92 valence electrons. The van der Waals surface area contributed by atoms with Crippen molar-refractivity contribution < 1.29 is 15.3 Å². The van der Waals surface area contributed by atoms with Crippen molar-refractivity contribution in [3.05, 3.63) is 59.7 Å². The fraction of sp³-hybridized carbons (Fsp3) is 0.0667. The van der Waals surface area contributed by atoms with Crippen LogP contribution in [-0.4, -0.2) is 15.3 Å². The van der Waals surface area contributed by atoms with Crippen LogP contribution in [0.5, 0.6) is 17.2 Å². The Morgan fingerprint density at radius 2 is 1.67 bits per heavy atom. The highest BCUT2D eigenvalue weighted by atomic mass is 16.3. The summed E-state index contributed by atoms with van der Waals surface area (Å²) in [5, 5.41) is 28.3. The van der Waals surface area contributed by atoms with E-state index in [1.165, 1.54) is 12.1 Å². The lowest BCUT2D eigenvalue weighted by Crippen LogP contribution is -1.81. The molecular formula is C15H14O3. The Balaban J connectivity index is 2.10. The largest absolute Gasteiger partial charge is 0.508 e. The average Bonchev–Trinajstić information content (AvgIpc) is 2.34. The molecule has 0 heterocycles. The predicted molar refractivity (Wildman–Crippen MR) is 70.6 cm³/mol. The van der Waals surface area contributed by atoms with E-state index in [0.29, 0.717) is 12.0 Å². The van der Waals surface area contributed by atoms with Gasteiger partial charge in [-0.15, -0.1) is 0 Å². The van der Waals surface area contributed by atoms with Crippen molar-refractivity contribution in [1.82, 2.24) is 0 Å². The van der Waals surface area contributed by atoms with E-state index in [4.69, 9.17) is 5.11 Å². The molecule has 2 aromatic rings. The summed E-state index contributed by atoms with van der Waals surface area (Å²) >= 11 is 0. The number of hydrogen-bond donors (Lipinski definition) is 3. The van der Waals surface area contributed by atoms with Gasteiger partial charge in [0.05, 0.1) is 0 Å². The minimum Gasteiger partial charge on any atom is -0.508 e. The maximum atomic E-state index is 9.58. The molecule has 0 amide bonds. The quantitative estimate of drug-likeness (QED) is 0.775. The van der Waals surface area contributed by atoms with E-state index >= 15 is 0 Å². The molecule has 0 atom stereocenters. The average molecular weight is 242 g/mol. The second-order valence-electron chi connectivity index (χ2n) is 3.98. The zero-order chi connectivity index (χ0) is 13.0. The highest BCUT2D eigenvalue weighted by Crippen LogP contribution is 2.24. The van der Waals surface area contributed by atoms with Crippen molar-refractivity contribution in [2.75, 3.05) is 0 Å². The van der Waals surface area contributed by atoms with Gasteiger partial charge >= 0.3 is 0 Å². The fourth-order valence-electron chi connectivity index (χ4n) is 1.67. The second kappa shape index (κ2) is 5.27. The van der Waals surface area contributed by atoms with Gasteiger partial charge in [-0.2, -0.15) is 0 Å². The molecule has 3 N–H and O–H groups in total. The standard InChI is InChI=1S/C15H14O3/c16-13-9-8-12(15(18)10-13)6-3-5-11-4-1-2-7-14(11)17/h1-4,6-10,16-18H,5H2.